The number of rotatable bonds is 5. The lowest BCUT2D eigenvalue weighted by molar-refractivity contribution is 0.525. The van der Waals surface area contributed by atoms with Gasteiger partial charge in [0.15, 0.2) is 0 Å². The Kier molecular flexibility index (Phi) is 6.61. The molecule has 6 nitrogen and oxygen atoms in total. The van der Waals surface area contributed by atoms with Crippen molar-refractivity contribution in [2.45, 2.75) is 16.8 Å². The van der Waals surface area contributed by atoms with Gasteiger partial charge in [0.1, 0.15) is 0 Å². The molecule has 3 aromatic carbocycles. The van der Waals surface area contributed by atoms with E-state index in [9.17, 15) is 8.42 Å². The van der Waals surface area contributed by atoms with Crippen LogP contribution in [-0.4, -0.2) is 39.6 Å². The fourth-order valence-electron chi connectivity index (χ4n) is 4.06. The van der Waals surface area contributed by atoms with Crippen LogP contribution in [0, 0.1) is 6.92 Å². The lowest BCUT2D eigenvalue weighted by Crippen LogP contribution is -2.46. The Morgan fingerprint density at radius 2 is 1.57 bits per heavy atom. The number of benzene rings is 3. The van der Waals surface area contributed by atoms with Crippen LogP contribution in [0.25, 0.3) is 11.5 Å². The number of hydrogen-bond acceptors (Lipinski definition) is 6. The molecule has 0 spiro atoms. The summed E-state index contributed by atoms with van der Waals surface area (Å²) >= 11 is 9.53. The number of hydrogen-bond donors (Lipinski definition) is 0. The van der Waals surface area contributed by atoms with Gasteiger partial charge in [-0.2, -0.15) is 4.98 Å². The second-order valence-corrected chi connectivity index (χ2v) is 11.6. The van der Waals surface area contributed by atoms with E-state index in [1.807, 2.05) is 60.4 Å². The van der Waals surface area contributed by atoms with E-state index in [2.05, 4.69) is 25.8 Å². The number of piperazine rings is 1. The zero-order chi connectivity index (χ0) is 24.6. The van der Waals surface area contributed by atoms with Crippen LogP contribution >= 0.6 is 27.5 Å². The van der Waals surface area contributed by atoms with Crippen molar-refractivity contribution in [3.05, 3.63) is 87.9 Å². The molecule has 180 valence electrons. The first-order valence-electron chi connectivity index (χ1n) is 11.2. The molecule has 0 bridgehead atoms. The van der Waals surface area contributed by atoms with Crippen molar-refractivity contribution >= 4 is 48.9 Å². The topological polar surface area (TPSA) is 66.7 Å². The minimum absolute atomic E-state index is 0.0633. The van der Waals surface area contributed by atoms with Gasteiger partial charge < -0.3 is 14.2 Å². The van der Waals surface area contributed by atoms with E-state index in [0.29, 0.717) is 31.2 Å². The first kappa shape index (κ1) is 23.9. The summed E-state index contributed by atoms with van der Waals surface area (Å²) in [5.41, 5.74) is 2.87. The molecule has 1 saturated heterocycles. The zero-order valence-electron chi connectivity index (χ0n) is 19.0. The van der Waals surface area contributed by atoms with E-state index in [0.717, 1.165) is 21.3 Å². The smallest absolute Gasteiger partial charge is 0.236 e. The third-order valence-electron chi connectivity index (χ3n) is 6.00. The maximum Gasteiger partial charge on any atom is 0.236 e. The molecule has 1 aromatic heterocycles. The van der Waals surface area contributed by atoms with Crippen LogP contribution in [0.4, 0.5) is 11.6 Å². The van der Waals surface area contributed by atoms with Crippen molar-refractivity contribution in [2.75, 3.05) is 36.0 Å². The van der Waals surface area contributed by atoms with Crippen molar-refractivity contribution in [2.24, 2.45) is 0 Å². The Balaban J connectivity index is 1.51. The minimum Gasteiger partial charge on any atom is -0.419 e. The highest BCUT2D eigenvalue weighted by Crippen LogP contribution is 2.36. The lowest BCUT2D eigenvalue weighted by Gasteiger charge is -2.36. The van der Waals surface area contributed by atoms with Crippen LogP contribution in [0.1, 0.15) is 5.56 Å². The fourth-order valence-corrected chi connectivity index (χ4v) is 5.83. The molecule has 0 unspecified atom stereocenters. The predicted octanol–water partition coefficient (Wildman–Crippen LogP) is 6.23. The Hall–Kier alpha value is -2.81. The summed E-state index contributed by atoms with van der Waals surface area (Å²) in [6.45, 7) is 4.54. The lowest BCUT2D eigenvalue weighted by atomic mass is 10.1. The van der Waals surface area contributed by atoms with Gasteiger partial charge in [-0.1, -0.05) is 51.3 Å². The number of aromatic nitrogens is 1. The largest absolute Gasteiger partial charge is 0.419 e. The summed E-state index contributed by atoms with van der Waals surface area (Å²) in [6, 6.07) is 22.0. The molecule has 0 aliphatic carbocycles. The van der Waals surface area contributed by atoms with Gasteiger partial charge in [0.05, 0.1) is 4.90 Å². The van der Waals surface area contributed by atoms with Crippen molar-refractivity contribution < 1.29 is 12.8 Å². The van der Waals surface area contributed by atoms with Crippen LogP contribution in [0.2, 0.25) is 5.02 Å². The van der Waals surface area contributed by atoms with Crippen molar-refractivity contribution in [1.82, 2.24) is 4.98 Å². The van der Waals surface area contributed by atoms with Crippen LogP contribution in [0.15, 0.2) is 91.6 Å². The quantitative estimate of drug-likeness (QED) is 0.283. The molecule has 4 aromatic rings. The highest BCUT2D eigenvalue weighted by atomic mass is 79.9. The summed E-state index contributed by atoms with van der Waals surface area (Å²) in [5.74, 6) is 0.558. The van der Waals surface area contributed by atoms with Crippen molar-refractivity contribution in [3.63, 3.8) is 0 Å². The minimum atomic E-state index is -3.90. The van der Waals surface area contributed by atoms with Crippen LogP contribution < -0.4 is 9.80 Å². The van der Waals surface area contributed by atoms with Gasteiger partial charge in [0, 0.05) is 46.9 Å². The van der Waals surface area contributed by atoms with Gasteiger partial charge in [-0.3, -0.25) is 0 Å². The molecule has 0 radical (unpaired) electrons. The van der Waals surface area contributed by atoms with Crippen LogP contribution in [-0.2, 0) is 9.84 Å². The molecular formula is C26H23BrClN3O3S. The third-order valence-corrected chi connectivity index (χ3v) is 8.43. The van der Waals surface area contributed by atoms with Gasteiger partial charge in [-0.05, 0) is 61.5 Å². The normalized spacial score (nSPS) is 14.4. The molecule has 0 saturated carbocycles. The highest BCUT2D eigenvalue weighted by Gasteiger charge is 2.33. The zero-order valence-corrected chi connectivity index (χ0v) is 22.1. The molecule has 5 rings (SSSR count). The maximum absolute atomic E-state index is 13.6. The molecule has 1 fully saturated rings. The fraction of sp³-hybridized carbons (Fsp3) is 0.192. The number of anilines is 2. The van der Waals surface area contributed by atoms with Gasteiger partial charge >= 0.3 is 0 Å². The number of halogens is 2. The van der Waals surface area contributed by atoms with E-state index in [1.165, 1.54) is 0 Å². The van der Waals surface area contributed by atoms with Crippen LogP contribution in [0.5, 0.6) is 0 Å². The number of oxazole rings is 1. The molecule has 1 aliphatic heterocycles. The third kappa shape index (κ3) is 4.96. The van der Waals surface area contributed by atoms with Gasteiger partial charge in [0.25, 0.3) is 0 Å². The molecular weight excluding hydrogens is 550 g/mol. The second-order valence-electron chi connectivity index (χ2n) is 8.41. The standard InChI is InChI=1S/C26H23BrClN3O3S/c1-18-5-7-19(8-6-18)24-29-25(35(32,33)23-11-9-20(27)10-12-23)26(34-24)31-15-13-30(14-16-31)22-4-2-3-21(28)17-22/h2-12,17H,13-16H2,1H3. The summed E-state index contributed by atoms with van der Waals surface area (Å²) < 4.78 is 34.2. The number of sulfone groups is 1. The monoisotopic (exact) mass is 571 g/mol. The Morgan fingerprint density at radius 1 is 0.914 bits per heavy atom. The average Bonchev–Trinajstić information content (AvgIpc) is 3.31. The molecule has 9 heteroatoms. The first-order chi connectivity index (χ1) is 16.8. The van der Waals surface area contributed by atoms with Gasteiger partial charge in [0.2, 0.25) is 26.6 Å². The van der Waals surface area contributed by atoms with Gasteiger partial charge in [-0.25, -0.2) is 8.42 Å². The van der Waals surface area contributed by atoms with Crippen LogP contribution in [0.3, 0.4) is 0 Å². The molecule has 0 N–H and O–H groups in total. The van der Waals surface area contributed by atoms with E-state index in [1.54, 1.807) is 24.3 Å². The summed E-state index contributed by atoms with van der Waals surface area (Å²) in [6.07, 6.45) is 0. The van der Waals surface area contributed by atoms with E-state index >= 15 is 0 Å². The Bertz CT molecular complexity index is 1450. The van der Waals surface area contributed by atoms with E-state index in [4.69, 9.17) is 16.0 Å². The maximum atomic E-state index is 13.6. The molecule has 0 atom stereocenters. The first-order valence-corrected chi connectivity index (χ1v) is 13.8. The van der Waals surface area contributed by atoms with E-state index < -0.39 is 9.84 Å². The van der Waals surface area contributed by atoms with Crippen molar-refractivity contribution in [1.29, 1.82) is 0 Å². The molecule has 35 heavy (non-hydrogen) atoms. The SMILES string of the molecule is Cc1ccc(-c2nc(S(=O)(=O)c3ccc(Br)cc3)c(N3CCN(c4cccc(Cl)c4)CC3)o2)cc1. The predicted molar refractivity (Wildman–Crippen MR) is 142 cm³/mol. The number of nitrogens with zero attached hydrogens (tertiary/aromatic N) is 3. The van der Waals surface area contributed by atoms with Crippen molar-refractivity contribution in [3.8, 4) is 11.5 Å². The summed E-state index contributed by atoms with van der Waals surface area (Å²) in [5, 5.41) is 0.623. The second kappa shape index (κ2) is 9.68. The molecule has 0 amide bonds. The Morgan fingerprint density at radius 3 is 2.23 bits per heavy atom. The van der Waals surface area contributed by atoms with Gasteiger partial charge in [-0.15, -0.1) is 0 Å². The Labute approximate surface area is 218 Å². The molecule has 2 heterocycles. The molecule has 1 aliphatic rings. The highest BCUT2D eigenvalue weighted by molar-refractivity contribution is 9.10. The van der Waals surface area contributed by atoms with E-state index in [-0.39, 0.29) is 21.7 Å². The summed E-state index contributed by atoms with van der Waals surface area (Å²) in [4.78, 5) is 8.86. The average molecular weight is 573 g/mol. The number of aryl methyl sites for hydroxylation is 1. The summed E-state index contributed by atoms with van der Waals surface area (Å²) in [7, 11) is -3.90.